The number of terminal acetylenes is 1. The molecule has 0 radical (unpaired) electrons. The number of ketones is 2. The Morgan fingerprint density at radius 2 is 1.58 bits per heavy atom. The van der Waals surface area contributed by atoms with Crippen LogP contribution in [0.3, 0.4) is 0 Å². The lowest BCUT2D eigenvalue weighted by Crippen LogP contribution is -2.47. The molecule has 0 aliphatic heterocycles. The molecular formula is C50H87N5O4. The van der Waals surface area contributed by atoms with Crippen molar-refractivity contribution in [2.24, 2.45) is 46.0 Å². The topological polar surface area (TPSA) is 156 Å². The van der Waals surface area contributed by atoms with Gasteiger partial charge < -0.3 is 27.4 Å². The van der Waals surface area contributed by atoms with Gasteiger partial charge >= 0.3 is 0 Å². The zero-order chi connectivity index (χ0) is 45.8. The van der Waals surface area contributed by atoms with Crippen LogP contribution in [-0.4, -0.2) is 54.6 Å². The molecule has 0 saturated carbocycles. The number of carbonyl (C=O) groups is 4. The predicted octanol–water partition coefficient (Wildman–Crippen LogP) is 9.30. The minimum atomic E-state index is -0.617. The summed E-state index contributed by atoms with van der Waals surface area (Å²) in [4.78, 5) is 51.2. The molecule has 0 bridgehead atoms. The Labute approximate surface area is 361 Å². The molecular weight excluding hydrogens is 735 g/mol. The second-order valence-electron chi connectivity index (χ2n) is 18.4. The number of allylic oxidation sites excluding steroid dienone is 6. The highest BCUT2D eigenvalue weighted by atomic mass is 16.2. The van der Waals surface area contributed by atoms with Crippen LogP contribution in [0.1, 0.15) is 153 Å². The van der Waals surface area contributed by atoms with E-state index in [0.29, 0.717) is 30.9 Å². The van der Waals surface area contributed by atoms with Crippen LogP contribution in [0.15, 0.2) is 61.4 Å². The fraction of sp³-hybridized carbons (Fsp3) is 0.680. The Bertz CT molecular complexity index is 1390. The second-order valence-corrected chi connectivity index (χ2v) is 18.4. The Morgan fingerprint density at radius 3 is 2.07 bits per heavy atom. The van der Waals surface area contributed by atoms with Crippen LogP contribution >= 0.6 is 0 Å². The number of hydrogen-bond donors (Lipinski definition) is 5. The number of nitrogens with one attached hydrogen (secondary N) is 3. The van der Waals surface area contributed by atoms with Crippen molar-refractivity contribution in [2.45, 2.75) is 171 Å². The molecule has 6 unspecified atom stereocenters. The van der Waals surface area contributed by atoms with Crippen molar-refractivity contribution in [3.05, 3.63) is 61.4 Å². The van der Waals surface area contributed by atoms with Gasteiger partial charge in [0.2, 0.25) is 11.8 Å². The van der Waals surface area contributed by atoms with E-state index >= 15 is 0 Å². The average molecular weight is 822 g/mol. The van der Waals surface area contributed by atoms with E-state index in [-0.39, 0.29) is 64.9 Å². The van der Waals surface area contributed by atoms with Crippen LogP contribution in [0.2, 0.25) is 0 Å². The monoisotopic (exact) mass is 822 g/mol. The number of Topliss-reactive ketones (excluding diaryl/α,β-unsaturated/α-hetero) is 2. The van der Waals surface area contributed by atoms with E-state index in [1.807, 2.05) is 0 Å². The predicted molar refractivity (Wildman–Crippen MR) is 251 cm³/mol. The second kappa shape index (κ2) is 31.2. The van der Waals surface area contributed by atoms with Crippen molar-refractivity contribution < 1.29 is 19.2 Å². The highest BCUT2D eigenvalue weighted by Crippen LogP contribution is 2.38. The summed E-state index contributed by atoms with van der Waals surface area (Å²) >= 11 is 0. The summed E-state index contributed by atoms with van der Waals surface area (Å²) in [6, 6.07) is -0.821. The van der Waals surface area contributed by atoms with Crippen molar-refractivity contribution in [2.75, 3.05) is 13.1 Å². The van der Waals surface area contributed by atoms with Crippen molar-refractivity contribution in [1.29, 1.82) is 0 Å². The third kappa shape index (κ3) is 26.9. The lowest BCUT2D eigenvalue weighted by atomic mass is 9.68. The van der Waals surface area contributed by atoms with Gasteiger partial charge in [0.15, 0.2) is 11.6 Å². The first kappa shape index (κ1) is 57.4. The van der Waals surface area contributed by atoms with Gasteiger partial charge in [0.05, 0.1) is 6.04 Å². The molecule has 1 aliphatic rings. The number of amides is 2. The van der Waals surface area contributed by atoms with Gasteiger partial charge in [0, 0.05) is 63.0 Å². The Balaban J connectivity index is 0. The van der Waals surface area contributed by atoms with Crippen LogP contribution in [-0.2, 0) is 19.2 Å². The molecule has 7 atom stereocenters. The Morgan fingerprint density at radius 1 is 0.949 bits per heavy atom. The van der Waals surface area contributed by atoms with Crippen LogP contribution < -0.4 is 27.4 Å². The van der Waals surface area contributed by atoms with Crippen LogP contribution in [0, 0.1) is 46.8 Å². The lowest BCUT2D eigenvalue weighted by Gasteiger charge is -2.37. The fourth-order valence-electron chi connectivity index (χ4n) is 7.31. The molecule has 0 aromatic carbocycles. The quantitative estimate of drug-likeness (QED) is 0.0439. The highest BCUT2D eigenvalue weighted by molar-refractivity contribution is 5.95. The van der Waals surface area contributed by atoms with E-state index in [9.17, 15) is 19.2 Å². The maximum atomic E-state index is 13.9. The molecule has 2 amide bonds. The van der Waals surface area contributed by atoms with Crippen molar-refractivity contribution in [3.63, 3.8) is 0 Å². The molecule has 9 heteroatoms. The number of hydrogen-bond acceptors (Lipinski definition) is 7. The smallest absolute Gasteiger partial charge is 0.224 e. The van der Waals surface area contributed by atoms with E-state index in [1.165, 1.54) is 0 Å². The normalized spacial score (nSPS) is 19.1. The van der Waals surface area contributed by atoms with Gasteiger partial charge in [-0.1, -0.05) is 105 Å². The molecule has 336 valence electrons. The minimum Gasteiger partial charge on any atom is -0.389 e. The average Bonchev–Trinajstić information content (AvgIpc) is 3.15. The summed E-state index contributed by atoms with van der Waals surface area (Å²) in [6.07, 6.45) is 24.1. The molecule has 1 rings (SSSR count). The van der Waals surface area contributed by atoms with E-state index in [4.69, 9.17) is 17.9 Å². The molecule has 0 spiro atoms. The summed E-state index contributed by atoms with van der Waals surface area (Å²) in [5.74, 6) is 2.15. The third-order valence-corrected chi connectivity index (χ3v) is 10.8. The van der Waals surface area contributed by atoms with Crippen molar-refractivity contribution in [1.82, 2.24) is 16.0 Å². The molecule has 0 saturated heterocycles. The first-order valence-electron chi connectivity index (χ1n) is 22.0. The summed E-state index contributed by atoms with van der Waals surface area (Å²) in [5, 5.41) is 9.31. The van der Waals surface area contributed by atoms with Crippen molar-refractivity contribution >= 4 is 23.4 Å². The number of carbonyl (C=O) groups excluding carboxylic acids is 4. The van der Waals surface area contributed by atoms with Gasteiger partial charge in [-0.15, -0.1) is 18.9 Å². The third-order valence-electron chi connectivity index (χ3n) is 10.8. The summed E-state index contributed by atoms with van der Waals surface area (Å²) < 4.78 is 0. The molecule has 59 heavy (non-hydrogen) atoms. The molecule has 0 aromatic heterocycles. The van der Waals surface area contributed by atoms with E-state index < -0.39 is 18.0 Å². The van der Waals surface area contributed by atoms with Gasteiger partial charge in [-0.3, -0.25) is 19.2 Å². The molecule has 9 nitrogen and oxygen atoms in total. The van der Waals surface area contributed by atoms with E-state index in [0.717, 1.165) is 63.6 Å². The largest absolute Gasteiger partial charge is 0.389 e. The fourth-order valence-corrected chi connectivity index (χ4v) is 7.31. The molecule has 0 heterocycles. The standard InChI is InChI=1S/C34H54N2O3.C13H26N2O.C3H7N/c1-9-11-20-27(22-30(37)24(3)4)36-33(39)28(29(17-10-2)34(6,7)8)23-31(38)32(35)26-19-16-14-12-13-15-18-25(5)21-26;1-7-14-10(2)8-9-12(13(4,5)6)15-11(3)16;1-2-3-4/h1,12,14-15,18,25-29,32H,3,10-11,13,16-17,19-23,35H2,2,4-8H3,(H,36,39);12,14H,2,7-9H2,1,3-6H3,(H,15,16);2H,1,3-4H2/b14-12-,18-15-;;/t25?,26?,27?,28?,29-,32?;;/m0../s1. The maximum absolute atomic E-state index is 13.9. The number of nitrogens with two attached hydrogens (primary N) is 2. The molecule has 0 aromatic rings. The Kier molecular flexibility index (Phi) is 30.3. The lowest BCUT2D eigenvalue weighted by molar-refractivity contribution is -0.134. The van der Waals surface area contributed by atoms with Crippen LogP contribution in [0.4, 0.5) is 0 Å². The van der Waals surface area contributed by atoms with Gasteiger partial charge in [0.25, 0.3) is 0 Å². The van der Waals surface area contributed by atoms with Gasteiger partial charge in [-0.05, 0) is 99.4 Å². The maximum Gasteiger partial charge on any atom is 0.224 e. The molecule has 1 aliphatic carbocycles. The van der Waals surface area contributed by atoms with Crippen LogP contribution in [0.5, 0.6) is 0 Å². The zero-order valence-electron chi connectivity index (χ0n) is 39.3. The van der Waals surface area contributed by atoms with Crippen LogP contribution in [0.25, 0.3) is 0 Å². The number of rotatable bonds is 21. The van der Waals surface area contributed by atoms with Gasteiger partial charge in [-0.25, -0.2) is 0 Å². The van der Waals surface area contributed by atoms with E-state index in [1.54, 1.807) is 19.9 Å². The van der Waals surface area contributed by atoms with Gasteiger partial charge in [0.1, 0.15) is 0 Å². The first-order chi connectivity index (χ1) is 27.5. The zero-order valence-corrected chi connectivity index (χ0v) is 39.3. The Hall–Kier alpha value is -3.74. The summed E-state index contributed by atoms with van der Waals surface area (Å²) in [5.41, 5.74) is 13.0. The highest BCUT2D eigenvalue weighted by Gasteiger charge is 2.39. The first-order valence-corrected chi connectivity index (χ1v) is 22.0. The summed E-state index contributed by atoms with van der Waals surface area (Å²) in [7, 11) is 0. The molecule has 0 fully saturated rings. The summed E-state index contributed by atoms with van der Waals surface area (Å²) in [6.45, 7) is 34.9. The molecule has 7 N–H and O–H groups in total. The van der Waals surface area contributed by atoms with Crippen molar-refractivity contribution in [3.8, 4) is 12.3 Å². The SMILES string of the molecule is C#CCCC(CC(=O)C(=C)C)NC(=O)C(CC(=O)C(N)C1CC/C=C\C/C=C\C(C)C1)[C@H](CCC)C(C)(C)C.C=C(CCC(NC(C)=O)C(C)(C)C)NCC.C=CCN. The minimum absolute atomic E-state index is 0.0161. The van der Waals surface area contributed by atoms with Gasteiger partial charge in [-0.2, -0.15) is 0 Å². The van der Waals surface area contributed by atoms with E-state index in [2.05, 4.69) is 128 Å².